The van der Waals surface area contributed by atoms with Crippen molar-refractivity contribution in [1.82, 2.24) is 14.5 Å². The van der Waals surface area contributed by atoms with Gasteiger partial charge in [0.15, 0.2) is 0 Å². The van der Waals surface area contributed by atoms with Gasteiger partial charge in [-0.1, -0.05) is 0 Å². The maximum Gasteiger partial charge on any atom is 0.244 e. The highest BCUT2D eigenvalue weighted by Gasteiger charge is 2.27. The third-order valence-corrected chi connectivity index (χ3v) is 4.08. The minimum absolute atomic E-state index is 0.147. The maximum atomic E-state index is 12.2. The summed E-state index contributed by atoms with van der Waals surface area (Å²) >= 11 is 0. The molecule has 1 aromatic rings. The van der Waals surface area contributed by atoms with Crippen LogP contribution in [0.25, 0.3) is 0 Å². The molecule has 0 atom stereocenters. The van der Waals surface area contributed by atoms with Crippen molar-refractivity contribution in [3.63, 3.8) is 0 Å². The predicted octanol–water partition coefficient (Wildman–Crippen LogP) is -0.0648. The average Bonchev–Trinajstić information content (AvgIpc) is 2.73. The number of nitrogens with zero attached hydrogens (tertiary/aromatic N) is 2. The summed E-state index contributed by atoms with van der Waals surface area (Å²) in [4.78, 5) is 0.147. The van der Waals surface area contributed by atoms with E-state index in [9.17, 15) is 8.42 Å². The van der Waals surface area contributed by atoms with E-state index in [2.05, 4.69) is 9.82 Å². The van der Waals surface area contributed by atoms with E-state index in [1.807, 2.05) is 0 Å². The van der Waals surface area contributed by atoms with Crippen LogP contribution in [0.2, 0.25) is 0 Å². The van der Waals surface area contributed by atoms with Gasteiger partial charge in [-0.2, -0.15) is 5.10 Å². The summed E-state index contributed by atoms with van der Waals surface area (Å²) in [6, 6.07) is 0. The Hall–Kier alpha value is -0.960. The minimum atomic E-state index is -3.59. The van der Waals surface area contributed by atoms with Crippen molar-refractivity contribution in [3.8, 4) is 0 Å². The molecule has 0 spiro atoms. The Labute approximate surface area is 114 Å². The van der Waals surface area contributed by atoms with Gasteiger partial charge in [-0.15, -0.1) is 0 Å². The molecule has 0 aliphatic heterocycles. The van der Waals surface area contributed by atoms with E-state index in [0.717, 1.165) is 6.42 Å². The number of hydrogen-bond donors (Lipinski definition) is 2. The molecule has 0 aliphatic carbocycles. The molecule has 19 heavy (non-hydrogen) atoms. The van der Waals surface area contributed by atoms with Crippen molar-refractivity contribution < 1.29 is 13.2 Å². The summed E-state index contributed by atoms with van der Waals surface area (Å²) < 4.78 is 33.5. The van der Waals surface area contributed by atoms with Gasteiger partial charge in [0.05, 0.1) is 18.3 Å². The molecular weight excluding hydrogens is 268 g/mol. The van der Waals surface area contributed by atoms with Gasteiger partial charge in [0.2, 0.25) is 10.0 Å². The second-order valence-electron chi connectivity index (χ2n) is 5.00. The van der Waals surface area contributed by atoms with E-state index in [1.165, 1.54) is 19.5 Å². The Kier molecular flexibility index (Phi) is 5.48. The Morgan fingerprint density at radius 3 is 2.79 bits per heavy atom. The van der Waals surface area contributed by atoms with E-state index < -0.39 is 15.6 Å². The molecule has 0 saturated heterocycles. The first-order valence-electron chi connectivity index (χ1n) is 6.06. The topological polar surface area (TPSA) is 99.2 Å². The zero-order valence-corrected chi connectivity index (χ0v) is 12.4. The number of methoxy groups -OCH3 is 1. The number of sulfonamides is 1. The first-order chi connectivity index (χ1) is 8.80. The van der Waals surface area contributed by atoms with E-state index in [1.54, 1.807) is 18.5 Å². The van der Waals surface area contributed by atoms with Crippen LogP contribution in [0.5, 0.6) is 0 Å². The van der Waals surface area contributed by atoms with Crippen LogP contribution in [0, 0.1) is 0 Å². The van der Waals surface area contributed by atoms with Crippen LogP contribution in [-0.2, 0) is 21.3 Å². The van der Waals surface area contributed by atoms with Crippen LogP contribution in [0.1, 0.15) is 20.3 Å². The Morgan fingerprint density at radius 1 is 1.53 bits per heavy atom. The third-order valence-electron chi connectivity index (χ3n) is 2.43. The standard InChI is InChI=1S/C11H22N4O3S/c1-11(2,9-18-3)14-19(16,17)10-7-13-15(8-10)6-4-5-12/h7-8,14H,4-6,9,12H2,1-3H3. The summed E-state index contributed by atoms with van der Waals surface area (Å²) in [7, 11) is -2.06. The largest absolute Gasteiger partial charge is 0.383 e. The van der Waals surface area contributed by atoms with E-state index in [4.69, 9.17) is 10.5 Å². The van der Waals surface area contributed by atoms with E-state index >= 15 is 0 Å². The molecule has 8 heteroatoms. The van der Waals surface area contributed by atoms with E-state index in [-0.39, 0.29) is 11.5 Å². The lowest BCUT2D eigenvalue weighted by molar-refractivity contribution is 0.141. The van der Waals surface area contributed by atoms with Crippen molar-refractivity contribution in [1.29, 1.82) is 0 Å². The molecule has 0 unspecified atom stereocenters. The number of nitrogens with one attached hydrogen (secondary N) is 1. The summed E-state index contributed by atoms with van der Waals surface area (Å²) in [6.07, 6.45) is 3.59. The number of ether oxygens (including phenoxy) is 1. The van der Waals surface area contributed by atoms with Gasteiger partial charge in [0, 0.05) is 19.9 Å². The molecule has 0 amide bonds. The van der Waals surface area contributed by atoms with Gasteiger partial charge in [0.25, 0.3) is 0 Å². The second kappa shape index (κ2) is 6.47. The summed E-state index contributed by atoms with van der Waals surface area (Å²) in [5.41, 5.74) is 4.73. The normalized spacial score (nSPS) is 12.8. The Morgan fingerprint density at radius 2 is 2.21 bits per heavy atom. The van der Waals surface area contributed by atoms with Crippen molar-refractivity contribution in [2.45, 2.75) is 37.2 Å². The van der Waals surface area contributed by atoms with Gasteiger partial charge in [0.1, 0.15) is 4.90 Å². The molecule has 7 nitrogen and oxygen atoms in total. The molecule has 3 N–H and O–H groups in total. The molecule has 0 bridgehead atoms. The zero-order valence-electron chi connectivity index (χ0n) is 11.6. The molecule has 1 aromatic heterocycles. The predicted molar refractivity (Wildman–Crippen MR) is 72.2 cm³/mol. The van der Waals surface area contributed by atoms with Crippen LogP contribution in [0.4, 0.5) is 0 Å². The smallest absolute Gasteiger partial charge is 0.244 e. The zero-order chi connectivity index (χ0) is 14.5. The first-order valence-corrected chi connectivity index (χ1v) is 7.54. The highest BCUT2D eigenvalue weighted by atomic mass is 32.2. The molecule has 0 radical (unpaired) electrons. The molecule has 1 heterocycles. The molecule has 0 saturated carbocycles. The highest BCUT2D eigenvalue weighted by molar-refractivity contribution is 7.89. The lowest BCUT2D eigenvalue weighted by Crippen LogP contribution is -2.46. The van der Waals surface area contributed by atoms with Crippen LogP contribution in [0.15, 0.2) is 17.3 Å². The lowest BCUT2D eigenvalue weighted by Gasteiger charge is -2.24. The SMILES string of the molecule is COCC(C)(C)NS(=O)(=O)c1cnn(CCCN)c1. The number of hydrogen-bond acceptors (Lipinski definition) is 5. The summed E-state index contributed by atoms with van der Waals surface area (Å²) in [5, 5.41) is 4.01. The maximum absolute atomic E-state index is 12.2. The first kappa shape index (κ1) is 16.1. The quantitative estimate of drug-likeness (QED) is 0.698. The van der Waals surface area contributed by atoms with Gasteiger partial charge in [-0.05, 0) is 26.8 Å². The number of aromatic nitrogens is 2. The number of aryl methyl sites for hydroxylation is 1. The van der Waals surface area contributed by atoms with Crippen molar-refractivity contribution in [3.05, 3.63) is 12.4 Å². The van der Waals surface area contributed by atoms with Crippen LogP contribution >= 0.6 is 0 Å². The van der Waals surface area contributed by atoms with E-state index in [0.29, 0.717) is 13.1 Å². The monoisotopic (exact) mass is 290 g/mol. The summed E-state index contributed by atoms with van der Waals surface area (Å²) in [6.45, 7) is 4.95. The molecule has 110 valence electrons. The Balaban J connectivity index is 2.80. The Bertz CT molecular complexity index is 496. The van der Waals surface area contributed by atoms with Gasteiger partial charge < -0.3 is 10.5 Å². The summed E-state index contributed by atoms with van der Waals surface area (Å²) in [5.74, 6) is 0. The van der Waals surface area contributed by atoms with Gasteiger partial charge in [-0.25, -0.2) is 13.1 Å². The number of nitrogens with two attached hydrogens (primary N) is 1. The molecule has 0 aliphatic rings. The van der Waals surface area contributed by atoms with Crippen molar-refractivity contribution >= 4 is 10.0 Å². The van der Waals surface area contributed by atoms with Crippen LogP contribution in [-0.4, -0.2) is 44.0 Å². The minimum Gasteiger partial charge on any atom is -0.383 e. The van der Waals surface area contributed by atoms with Crippen molar-refractivity contribution in [2.24, 2.45) is 5.73 Å². The lowest BCUT2D eigenvalue weighted by atomic mass is 10.1. The van der Waals surface area contributed by atoms with Gasteiger partial charge in [-0.3, -0.25) is 4.68 Å². The fraction of sp³-hybridized carbons (Fsp3) is 0.727. The van der Waals surface area contributed by atoms with Gasteiger partial charge >= 0.3 is 0 Å². The second-order valence-corrected chi connectivity index (χ2v) is 6.69. The highest BCUT2D eigenvalue weighted by Crippen LogP contribution is 2.12. The molecule has 0 aromatic carbocycles. The van der Waals surface area contributed by atoms with Crippen LogP contribution < -0.4 is 10.5 Å². The fourth-order valence-corrected chi connectivity index (χ4v) is 3.02. The molecule has 1 rings (SSSR count). The number of rotatable bonds is 8. The van der Waals surface area contributed by atoms with Crippen molar-refractivity contribution in [2.75, 3.05) is 20.3 Å². The fourth-order valence-electron chi connectivity index (χ4n) is 1.67. The molecule has 0 fully saturated rings. The average molecular weight is 290 g/mol. The molecular formula is C11H22N4O3S. The third kappa shape index (κ3) is 4.90. The van der Waals surface area contributed by atoms with Crippen LogP contribution in [0.3, 0.4) is 0 Å².